The summed E-state index contributed by atoms with van der Waals surface area (Å²) in [4.78, 5) is 27.1. The van der Waals surface area contributed by atoms with E-state index < -0.39 is 24.0 Å². The summed E-state index contributed by atoms with van der Waals surface area (Å²) >= 11 is 6.35. The molecule has 2 aliphatic rings. The molecule has 184 valence electrons. The number of alkyl halides is 1. The molecule has 3 N–H and O–H groups in total. The van der Waals surface area contributed by atoms with Crippen LogP contribution in [0.4, 0.5) is 0 Å². The van der Waals surface area contributed by atoms with Crippen LogP contribution in [0.5, 0.6) is 0 Å². The van der Waals surface area contributed by atoms with Crippen molar-refractivity contribution in [3.8, 4) is 5.69 Å². The Hall–Kier alpha value is -2.42. The van der Waals surface area contributed by atoms with Crippen molar-refractivity contribution in [2.24, 2.45) is 5.92 Å². The molecule has 3 unspecified atom stereocenters. The van der Waals surface area contributed by atoms with Gasteiger partial charge in [0.05, 0.1) is 11.4 Å². The Morgan fingerprint density at radius 3 is 2.56 bits per heavy atom. The van der Waals surface area contributed by atoms with Crippen molar-refractivity contribution in [3.63, 3.8) is 0 Å². The van der Waals surface area contributed by atoms with Crippen molar-refractivity contribution >= 4 is 23.4 Å². The first kappa shape index (κ1) is 24.7. The van der Waals surface area contributed by atoms with E-state index in [-0.39, 0.29) is 18.0 Å². The normalized spacial score (nSPS) is 24.6. The fourth-order valence-corrected chi connectivity index (χ4v) is 5.52. The summed E-state index contributed by atoms with van der Waals surface area (Å²) < 4.78 is 1.76. The Morgan fingerprint density at radius 2 is 1.88 bits per heavy atom. The van der Waals surface area contributed by atoms with Crippen LogP contribution in [0.15, 0.2) is 36.5 Å². The average Bonchev–Trinajstić information content (AvgIpc) is 3.51. The molecule has 1 aromatic heterocycles. The van der Waals surface area contributed by atoms with E-state index in [9.17, 15) is 19.8 Å². The lowest BCUT2D eigenvalue weighted by atomic mass is 9.82. The molecule has 9 heteroatoms. The van der Waals surface area contributed by atoms with Gasteiger partial charge >= 0.3 is 0 Å². The molecule has 0 spiro atoms. The Kier molecular flexibility index (Phi) is 7.91. The second kappa shape index (κ2) is 10.9. The maximum Gasteiger partial charge on any atom is 0.254 e. The molecule has 1 aliphatic carbocycles. The fraction of sp³-hybridized carbons (Fsp3) is 0.560. The molecule has 1 saturated carbocycles. The number of hydrogen-bond donors (Lipinski definition) is 3. The van der Waals surface area contributed by atoms with E-state index in [1.54, 1.807) is 9.58 Å². The molecule has 2 aromatic rings. The van der Waals surface area contributed by atoms with Crippen molar-refractivity contribution < 1.29 is 19.8 Å². The number of aryl methyl sites for hydroxylation is 1. The molecule has 1 aromatic carbocycles. The lowest BCUT2D eigenvalue weighted by Crippen LogP contribution is -2.53. The highest BCUT2D eigenvalue weighted by molar-refractivity contribution is 6.20. The topological polar surface area (TPSA) is 108 Å². The molecule has 2 heterocycles. The van der Waals surface area contributed by atoms with Crippen molar-refractivity contribution in [2.75, 3.05) is 6.54 Å². The number of rotatable bonds is 7. The Bertz CT molecular complexity index is 995. The summed E-state index contributed by atoms with van der Waals surface area (Å²) in [6.45, 7) is 2.61. The minimum Gasteiger partial charge on any atom is -0.380 e. The van der Waals surface area contributed by atoms with Crippen LogP contribution >= 0.6 is 11.6 Å². The highest BCUT2D eigenvalue weighted by Gasteiger charge is 2.41. The van der Waals surface area contributed by atoms with Gasteiger partial charge in [0.15, 0.2) is 12.2 Å². The van der Waals surface area contributed by atoms with Crippen LogP contribution in [0.1, 0.15) is 49.8 Å². The number of aliphatic hydroxyl groups excluding tert-OH is 2. The lowest BCUT2D eigenvalue weighted by molar-refractivity contribution is -0.154. The molecule has 8 nitrogen and oxygen atoms in total. The van der Waals surface area contributed by atoms with Crippen LogP contribution in [-0.2, 0) is 16.1 Å². The Morgan fingerprint density at radius 1 is 1.12 bits per heavy atom. The van der Waals surface area contributed by atoms with Gasteiger partial charge in [-0.3, -0.25) is 9.59 Å². The molecule has 4 rings (SSSR count). The van der Waals surface area contributed by atoms with Crippen molar-refractivity contribution in [1.82, 2.24) is 20.0 Å². The number of amides is 2. The maximum atomic E-state index is 13.0. The first-order valence-corrected chi connectivity index (χ1v) is 12.5. The molecule has 1 aliphatic heterocycles. The van der Waals surface area contributed by atoms with Gasteiger partial charge in [0.2, 0.25) is 0 Å². The summed E-state index contributed by atoms with van der Waals surface area (Å²) in [5.74, 6) is -1.06. The zero-order chi connectivity index (χ0) is 24.2. The standard InChI is InChI=1S/C25H33ClN4O4/c1-16-11-13-30(28-16)20-9-7-17(8-10-20)15-27-24(33)22(31)23(32)25(34)29-12-3-6-21(29)18-4-2-5-19(26)14-18/h7-11,13,18-19,21-23,31-32H,2-6,12,14-15H2,1H3,(H,27,33)/t18?,19?,21?,22-,23-/m1/s1. The third-order valence-corrected chi connectivity index (χ3v) is 7.38. The Labute approximate surface area is 204 Å². The molecule has 5 atom stereocenters. The van der Waals surface area contributed by atoms with Gasteiger partial charge in [0, 0.05) is 30.7 Å². The third-order valence-electron chi connectivity index (χ3n) is 6.99. The minimum atomic E-state index is -1.83. The smallest absolute Gasteiger partial charge is 0.254 e. The summed E-state index contributed by atoms with van der Waals surface area (Å²) in [5.41, 5.74) is 2.63. The molecular formula is C25H33ClN4O4. The van der Waals surface area contributed by atoms with E-state index in [4.69, 9.17) is 11.6 Å². The summed E-state index contributed by atoms with van der Waals surface area (Å²) in [7, 11) is 0. The number of nitrogens with one attached hydrogen (secondary N) is 1. The van der Waals surface area contributed by atoms with Gasteiger partial charge in [-0.15, -0.1) is 11.6 Å². The first-order valence-electron chi connectivity index (χ1n) is 12.0. The van der Waals surface area contributed by atoms with E-state index in [0.717, 1.165) is 55.5 Å². The number of nitrogens with zero attached hydrogens (tertiary/aromatic N) is 3. The quantitative estimate of drug-likeness (QED) is 0.518. The van der Waals surface area contributed by atoms with E-state index in [2.05, 4.69) is 10.4 Å². The molecule has 2 fully saturated rings. The van der Waals surface area contributed by atoms with Crippen LogP contribution in [-0.4, -0.2) is 66.9 Å². The van der Waals surface area contributed by atoms with Gasteiger partial charge in [0.1, 0.15) is 0 Å². The number of carbonyl (C=O) groups excluding carboxylic acids is 2. The number of likely N-dealkylation sites (tertiary alicyclic amines) is 1. The van der Waals surface area contributed by atoms with Gasteiger partial charge in [-0.1, -0.05) is 18.6 Å². The average molecular weight is 489 g/mol. The molecule has 0 bridgehead atoms. The van der Waals surface area contributed by atoms with Crippen LogP contribution in [0.25, 0.3) is 5.69 Å². The zero-order valence-electron chi connectivity index (χ0n) is 19.4. The predicted molar refractivity (Wildman–Crippen MR) is 128 cm³/mol. The van der Waals surface area contributed by atoms with E-state index >= 15 is 0 Å². The number of halogens is 1. The highest BCUT2D eigenvalue weighted by Crippen LogP contribution is 2.36. The van der Waals surface area contributed by atoms with E-state index in [1.165, 1.54) is 0 Å². The monoisotopic (exact) mass is 488 g/mol. The molecular weight excluding hydrogens is 456 g/mol. The van der Waals surface area contributed by atoms with Gasteiger partial charge in [-0.25, -0.2) is 4.68 Å². The minimum absolute atomic E-state index is 0.0102. The molecule has 34 heavy (non-hydrogen) atoms. The second-order valence-corrected chi connectivity index (χ2v) is 10.1. The van der Waals surface area contributed by atoms with E-state index in [1.807, 2.05) is 43.5 Å². The van der Waals surface area contributed by atoms with Crippen molar-refractivity contribution in [3.05, 3.63) is 47.8 Å². The molecule has 0 radical (unpaired) electrons. The zero-order valence-corrected chi connectivity index (χ0v) is 20.2. The number of benzene rings is 1. The number of carbonyl (C=O) groups is 2. The Balaban J connectivity index is 1.30. The first-order chi connectivity index (χ1) is 16.3. The number of hydrogen-bond acceptors (Lipinski definition) is 5. The van der Waals surface area contributed by atoms with Gasteiger partial charge in [0.25, 0.3) is 11.8 Å². The SMILES string of the molecule is Cc1ccn(-c2ccc(CNC(=O)[C@H](O)[C@@H](O)C(=O)N3CCCC3C3CCCC(Cl)C3)cc2)n1. The van der Waals surface area contributed by atoms with Gasteiger partial charge < -0.3 is 20.4 Å². The summed E-state index contributed by atoms with van der Waals surface area (Å²) in [6.07, 6.45) is 3.86. The summed E-state index contributed by atoms with van der Waals surface area (Å²) in [6, 6.07) is 9.39. The lowest BCUT2D eigenvalue weighted by Gasteiger charge is -2.36. The predicted octanol–water partition coefficient (Wildman–Crippen LogP) is 2.31. The second-order valence-electron chi connectivity index (χ2n) is 9.44. The number of aromatic nitrogens is 2. The molecule has 2 amide bonds. The fourth-order valence-electron chi connectivity index (χ4n) is 5.14. The van der Waals surface area contributed by atoms with Crippen LogP contribution in [0, 0.1) is 12.8 Å². The van der Waals surface area contributed by atoms with Crippen molar-refractivity contribution in [2.45, 2.75) is 75.6 Å². The molecule has 1 saturated heterocycles. The maximum absolute atomic E-state index is 13.0. The van der Waals surface area contributed by atoms with Crippen LogP contribution in [0.3, 0.4) is 0 Å². The highest BCUT2D eigenvalue weighted by atomic mass is 35.5. The van der Waals surface area contributed by atoms with Crippen LogP contribution < -0.4 is 5.32 Å². The van der Waals surface area contributed by atoms with Crippen LogP contribution in [0.2, 0.25) is 0 Å². The largest absolute Gasteiger partial charge is 0.380 e. The third kappa shape index (κ3) is 5.62. The van der Waals surface area contributed by atoms with E-state index in [0.29, 0.717) is 12.5 Å². The van der Waals surface area contributed by atoms with Gasteiger partial charge in [-0.05, 0) is 68.7 Å². The van der Waals surface area contributed by atoms with Gasteiger partial charge in [-0.2, -0.15) is 5.10 Å². The number of aliphatic hydroxyl groups is 2. The summed E-state index contributed by atoms with van der Waals surface area (Å²) in [5, 5.41) is 28.0. The van der Waals surface area contributed by atoms with Crippen molar-refractivity contribution in [1.29, 1.82) is 0 Å².